The number of hydrogen-bond donors (Lipinski definition) is 0. The van der Waals surface area contributed by atoms with E-state index in [2.05, 4.69) is 13.0 Å². The second-order valence-corrected chi connectivity index (χ2v) is 5.93. The lowest BCUT2D eigenvalue weighted by atomic mass is 10.0. The molecule has 0 aliphatic heterocycles. The van der Waals surface area contributed by atoms with Crippen LogP contribution in [0, 0.1) is 19.7 Å². The lowest BCUT2D eigenvalue weighted by molar-refractivity contribution is -0.116. The van der Waals surface area contributed by atoms with Gasteiger partial charge in [-0.15, -0.1) is 11.8 Å². The third-order valence-corrected chi connectivity index (χ3v) is 4.22. The maximum atomic E-state index is 13.0. The van der Waals surface area contributed by atoms with Gasteiger partial charge in [0.1, 0.15) is 11.6 Å². The normalized spacial score (nSPS) is 10.6. The zero-order chi connectivity index (χ0) is 14.5. The lowest BCUT2D eigenvalue weighted by Gasteiger charge is -2.05. The van der Waals surface area contributed by atoms with Gasteiger partial charge in [0, 0.05) is 11.3 Å². The Kier molecular flexibility index (Phi) is 4.96. The molecule has 1 nitrogen and oxygen atoms in total. The highest BCUT2D eigenvalue weighted by atomic mass is 32.2. The van der Waals surface area contributed by atoms with Gasteiger partial charge in [-0.1, -0.05) is 24.3 Å². The van der Waals surface area contributed by atoms with Crippen LogP contribution in [0.25, 0.3) is 0 Å². The van der Waals surface area contributed by atoms with Crippen LogP contribution in [0.15, 0.2) is 47.4 Å². The molecule has 0 fully saturated rings. The molecular formula is C17H17FOS. The molecule has 0 saturated carbocycles. The van der Waals surface area contributed by atoms with E-state index in [-0.39, 0.29) is 11.6 Å². The number of hydrogen-bond acceptors (Lipinski definition) is 2. The van der Waals surface area contributed by atoms with Gasteiger partial charge in [-0.25, -0.2) is 4.39 Å². The van der Waals surface area contributed by atoms with E-state index in [9.17, 15) is 9.18 Å². The van der Waals surface area contributed by atoms with Crippen LogP contribution in [0.4, 0.5) is 4.39 Å². The average molecular weight is 288 g/mol. The SMILES string of the molecule is Cc1ccc(CC(=O)CSc2cccc(F)c2)cc1C. The van der Waals surface area contributed by atoms with E-state index >= 15 is 0 Å². The van der Waals surface area contributed by atoms with Crippen molar-refractivity contribution in [3.05, 3.63) is 65.0 Å². The maximum Gasteiger partial charge on any atom is 0.147 e. The van der Waals surface area contributed by atoms with Gasteiger partial charge < -0.3 is 0 Å². The van der Waals surface area contributed by atoms with Crippen molar-refractivity contribution in [2.45, 2.75) is 25.2 Å². The Morgan fingerprint density at radius 1 is 1.10 bits per heavy atom. The molecule has 3 heteroatoms. The predicted molar refractivity (Wildman–Crippen MR) is 81.8 cm³/mol. The Labute approximate surface area is 123 Å². The minimum absolute atomic E-state index is 0.155. The van der Waals surface area contributed by atoms with E-state index in [4.69, 9.17) is 0 Å². The number of thioether (sulfide) groups is 1. The number of rotatable bonds is 5. The predicted octanol–water partition coefficient (Wildman–Crippen LogP) is 4.35. The highest BCUT2D eigenvalue weighted by Crippen LogP contribution is 2.19. The quantitative estimate of drug-likeness (QED) is 0.761. The minimum Gasteiger partial charge on any atom is -0.298 e. The zero-order valence-corrected chi connectivity index (χ0v) is 12.5. The van der Waals surface area contributed by atoms with E-state index in [1.54, 1.807) is 6.07 Å². The first-order valence-corrected chi connectivity index (χ1v) is 7.49. The van der Waals surface area contributed by atoms with Crippen molar-refractivity contribution < 1.29 is 9.18 Å². The van der Waals surface area contributed by atoms with Gasteiger partial charge in [0.05, 0.1) is 5.75 Å². The molecule has 0 aliphatic rings. The van der Waals surface area contributed by atoms with Gasteiger partial charge in [-0.05, 0) is 48.7 Å². The summed E-state index contributed by atoms with van der Waals surface area (Å²) < 4.78 is 13.0. The molecule has 2 aromatic carbocycles. The molecule has 20 heavy (non-hydrogen) atoms. The summed E-state index contributed by atoms with van der Waals surface area (Å²) in [5.41, 5.74) is 3.47. The Bertz CT molecular complexity index is 622. The Morgan fingerprint density at radius 2 is 1.90 bits per heavy atom. The first-order chi connectivity index (χ1) is 9.54. The Balaban J connectivity index is 1.91. The van der Waals surface area contributed by atoms with Crippen LogP contribution in [0.3, 0.4) is 0 Å². The molecule has 104 valence electrons. The Morgan fingerprint density at radius 3 is 2.60 bits per heavy atom. The third kappa shape index (κ3) is 4.20. The Hall–Kier alpha value is -1.61. The molecule has 0 heterocycles. The molecule has 0 radical (unpaired) electrons. The van der Waals surface area contributed by atoms with Gasteiger partial charge in [-0.2, -0.15) is 0 Å². The third-order valence-electron chi connectivity index (χ3n) is 3.17. The van der Waals surface area contributed by atoms with E-state index in [0.717, 1.165) is 10.5 Å². The molecule has 0 N–H and O–H groups in total. The molecule has 0 spiro atoms. The second kappa shape index (κ2) is 6.71. The topological polar surface area (TPSA) is 17.1 Å². The fourth-order valence-electron chi connectivity index (χ4n) is 1.91. The molecule has 2 rings (SSSR count). The van der Waals surface area contributed by atoms with Crippen LogP contribution in [-0.2, 0) is 11.2 Å². The number of halogens is 1. The van der Waals surface area contributed by atoms with Crippen LogP contribution >= 0.6 is 11.8 Å². The van der Waals surface area contributed by atoms with Crippen molar-refractivity contribution in [1.29, 1.82) is 0 Å². The largest absolute Gasteiger partial charge is 0.298 e. The fraction of sp³-hybridized carbons (Fsp3) is 0.235. The smallest absolute Gasteiger partial charge is 0.147 e. The molecule has 0 aromatic heterocycles. The standard InChI is InChI=1S/C17H17FOS/c1-12-6-7-14(8-13(12)2)9-16(19)11-20-17-5-3-4-15(18)10-17/h3-8,10H,9,11H2,1-2H3. The number of carbonyl (C=O) groups excluding carboxylic acids is 1. The number of Topliss-reactive ketones (excluding diaryl/α,β-unsaturated/α-hetero) is 1. The number of aryl methyl sites for hydroxylation is 2. The lowest BCUT2D eigenvalue weighted by Crippen LogP contribution is -2.06. The number of ketones is 1. The average Bonchev–Trinajstić information content (AvgIpc) is 2.41. The van der Waals surface area contributed by atoms with Crippen LogP contribution in [0.1, 0.15) is 16.7 Å². The summed E-state index contributed by atoms with van der Waals surface area (Å²) in [5, 5.41) is 0. The highest BCUT2D eigenvalue weighted by Gasteiger charge is 2.06. The van der Waals surface area contributed by atoms with Crippen LogP contribution in [0.5, 0.6) is 0 Å². The first-order valence-electron chi connectivity index (χ1n) is 6.51. The zero-order valence-electron chi connectivity index (χ0n) is 11.7. The van der Waals surface area contributed by atoms with Gasteiger partial charge in [0.2, 0.25) is 0 Å². The van der Waals surface area contributed by atoms with Crippen molar-refractivity contribution in [3.63, 3.8) is 0 Å². The van der Waals surface area contributed by atoms with Crippen molar-refractivity contribution in [1.82, 2.24) is 0 Å². The van der Waals surface area contributed by atoms with Crippen molar-refractivity contribution in [2.75, 3.05) is 5.75 Å². The summed E-state index contributed by atoms with van der Waals surface area (Å²) in [6, 6.07) is 12.4. The second-order valence-electron chi connectivity index (χ2n) is 4.88. The van der Waals surface area contributed by atoms with Crippen molar-refractivity contribution in [2.24, 2.45) is 0 Å². The summed E-state index contributed by atoms with van der Waals surface area (Å²) in [7, 11) is 0. The monoisotopic (exact) mass is 288 g/mol. The van der Waals surface area contributed by atoms with E-state index < -0.39 is 0 Å². The van der Waals surface area contributed by atoms with Crippen LogP contribution in [0.2, 0.25) is 0 Å². The number of benzene rings is 2. The minimum atomic E-state index is -0.267. The highest BCUT2D eigenvalue weighted by molar-refractivity contribution is 8.00. The summed E-state index contributed by atoms with van der Waals surface area (Å²) in [5.74, 6) is 0.259. The van der Waals surface area contributed by atoms with Crippen LogP contribution < -0.4 is 0 Å². The molecule has 0 unspecified atom stereocenters. The molecule has 0 saturated heterocycles. The van der Waals surface area contributed by atoms with E-state index in [0.29, 0.717) is 12.2 Å². The summed E-state index contributed by atoms with van der Waals surface area (Å²) >= 11 is 1.38. The van der Waals surface area contributed by atoms with E-state index in [1.165, 1.54) is 35.0 Å². The van der Waals surface area contributed by atoms with Crippen molar-refractivity contribution in [3.8, 4) is 0 Å². The fourth-order valence-corrected chi connectivity index (χ4v) is 2.71. The van der Waals surface area contributed by atoms with Gasteiger partial charge in [0.25, 0.3) is 0 Å². The summed E-state index contributed by atoms with van der Waals surface area (Å²) in [6.45, 7) is 4.10. The van der Waals surface area contributed by atoms with Gasteiger partial charge >= 0.3 is 0 Å². The van der Waals surface area contributed by atoms with Crippen molar-refractivity contribution >= 4 is 17.5 Å². The van der Waals surface area contributed by atoms with E-state index in [1.807, 2.05) is 25.1 Å². The maximum absolute atomic E-state index is 13.0. The summed E-state index contributed by atoms with van der Waals surface area (Å²) in [4.78, 5) is 12.7. The molecular weight excluding hydrogens is 271 g/mol. The number of carbonyl (C=O) groups is 1. The molecule has 0 amide bonds. The molecule has 2 aromatic rings. The van der Waals surface area contributed by atoms with Gasteiger partial charge in [0.15, 0.2) is 0 Å². The molecule has 0 atom stereocenters. The molecule has 0 bridgehead atoms. The summed E-state index contributed by atoms with van der Waals surface area (Å²) in [6.07, 6.45) is 0.434. The first kappa shape index (κ1) is 14.8. The van der Waals surface area contributed by atoms with Crippen LogP contribution in [-0.4, -0.2) is 11.5 Å². The van der Waals surface area contributed by atoms with Gasteiger partial charge in [-0.3, -0.25) is 4.79 Å². The molecule has 0 aliphatic carbocycles.